The van der Waals surface area contributed by atoms with E-state index in [0.717, 1.165) is 5.56 Å². The Bertz CT molecular complexity index is 361. The zero-order valence-corrected chi connectivity index (χ0v) is 8.77. The van der Waals surface area contributed by atoms with Crippen molar-refractivity contribution in [3.05, 3.63) is 30.0 Å². The van der Waals surface area contributed by atoms with E-state index in [2.05, 4.69) is 4.98 Å². The monoisotopic (exact) mass is 207 g/mol. The maximum atomic E-state index is 11.0. The lowest BCUT2D eigenvalue weighted by atomic mass is 10.2. The second kappa shape index (κ2) is 5.80. The quantitative estimate of drug-likeness (QED) is 0.556. The zero-order valence-electron chi connectivity index (χ0n) is 8.77. The summed E-state index contributed by atoms with van der Waals surface area (Å²) in [5.41, 5.74) is 0.744. The molecule has 0 saturated carbocycles. The minimum Gasteiger partial charge on any atom is -0.481 e. The molecule has 0 aromatic carbocycles. The molecular formula is C11H13NO3. The molecule has 80 valence electrons. The van der Waals surface area contributed by atoms with Gasteiger partial charge in [0.15, 0.2) is 0 Å². The lowest BCUT2D eigenvalue weighted by molar-refractivity contribution is -0.137. The smallest absolute Gasteiger partial charge is 0.330 e. The van der Waals surface area contributed by atoms with Crippen molar-refractivity contribution in [2.75, 3.05) is 13.7 Å². The van der Waals surface area contributed by atoms with Gasteiger partial charge in [-0.25, -0.2) is 9.78 Å². The Kier molecular flexibility index (Phi) is 4.34. The molecule has 0 unspecified atom stereocenters. The van der Waals surface area contributed by atoms with Crippen molar-refractivity contribution in [1.82, 2.24) is 4.98 Å². The number of esters is 1. The van der Waals surface area contributed by atoms with Gasteiger partial charge in [-0.3, -0.25) is 0 Å². The lowest BCUT2D eigenvalue weighted by Crippen LogP contribution is -1.99. The van der Waals surface area contributed by atoms with Crippen molar-refractivity contribution in [2.45, 2.75) is 6.92 Å². The third kappa shape index (κ3) is 3.42. The summed E-state index contributed by atoms with van der Waals surface area (Å²) in [6.45, 7) is 2.13. The molecule has 0 aliphatic heterocycles. The number of methoxy groups -OCH3 is 1. The number of aromatic nitrogens is 1. The molecule has 0 N–H and O–H groups in total. The van der Waals surface area contributed by atoms with E-state index in [1.54, 1.807) is 25.3 Å². The molecule has 4 heteroatoms. The van der Waals surface area contributed by atoms with E-state index in [1.807, 2.05) is 6.07 Å². The first-order valence-electron chi connectivity index (χ1n) is 4.61. The number of pyridine rings is 1. The van der Waals surface area contributed by atoms with Gasteiger partial charge in [0, 0.05) is 17.8 Å². The molecule has 0 atom stereocenters. The maximum absolute atomic E-state index is 11.0. The van der Waals surface area contributed by atoms with Crippen LogP contribution in [0.15, 0.2) is 24.4 Å². The van der Waals surface area contributed by atoms with E-state index in [9.17, 15) is 4.79 Å². The molecule has 0 aliphatic carbocycles. The highest BCUT2D eigenvalue weighted by molar-refractivity contribution is 5.87. The highest BCUT2D eigenvalue weighted by Gasteiger charge is 2.00. The maximum Gasteiger partial charge on any atom is 0.330 e. The van der Waals surface area contributed by atoms with E-state index < -0.39 is 0 Å². The third-order valence-corrected chi connectivity index (χ3v) is 1.68. The molecule has 0 amide bonds. The van der Waals surface area contributed by atoms with Crippen LogP contribution in [0, 0.1) is 0 Å². The summed E-state index contributed by atoms with van der Waals surface area (Å²) in [4.78, 5) is 15.0. The minimum absolute atomic E-state index is 0.368. The number of carbonyl (C=O) groups excluding carboxylic acids is 1. The number of rotatable bonds is 4. The van der Waals surface area contributed by atoms with Gasteiger partial charge in [0.1, 0.15) is 0 Å². The summed E-state index contributed by atoms with van der Waals surface area (Å²) in [5.74, 6) is 0.112. The Morgan fingerprint density at radius 3 is 3.07 bits per heavy atom. The van der Waals surface area contributed by atoms with Crippen LogP contribution < -0.4 is 4.74 Å². The normalized spacial score (nSPS) is 10.3. The van der Waals surface area contributed by atoms with Gasteiger partial charge in [-0.15, -0.1) is 0 Å². The number of ether oxygens (including phenoxy) is 2. The van der Waals surface area contributed by atoms with Gasteiger partial charge in [-0.05, 0) is 25.1 Å². The molecule has 0 bridgehead atoms. The van der Waals surface area contributed by atoms with E-state index in [-0.39, 0.29) is 5.97 Å². The second-order valence-corrected chi connectivity index (χ2v) is 2.69. The number of carbonyl (C=O) groups is 1. The Balaban J connectivity index is 2.75. The van der Waals surface area contributed by atoms with Gasteiger partial charge >= 0.3 is 5.97 Å². The van der Waals surface area contributed by atoms with Gasteiger partial charge in [-0.2, -0.15) is 0 Å². The van der Waals surface area contributed by atoms with Crippen LogP contribution in [0.4, 0.5) is 0 Å². The van der Waals surface area contributed by atoms with Gasteiger partial charge in [0.05, 0.1) is 13.7 Å². The van der Waals surface area contributed by atoms with E-state index >= 15 is 0 Å². The summed E-state index contributed by atoms with van der Waals surface area (Å²) in [7, 11) is 1.53. The Morgan fingerprint density at radius 2 is 2.40 bits per heavy atom. The minimum atomic E-state index is -0.372. The molecule has 0 spiro atoms. The fourth-order valence-electron chi connectivity index (χ4n) is 1.05. The molecule has 0 fully saturated rings. The van der Waals surface area contributed by atoms with Crippen LogP contribution in [-0.4, -0.2) is 24.7 Å². The molecule has 4 nitrogen and oxygen atoms in total. The molecule has 0 saturated heterocycles. The lowest BCUT2D eigenvalue weighted by Gasteiger charge is -2.01. The fraction of sp³-hybridized carbons (Fsp3) is 0.273. The van der Waals surface area contributed by atoms with Crippen LogP contribution in [-0.2, 0) is 9.53 Å². The van der Waals surface area contributed by atoms with Gasteiger partial charge < -0.3 is 9.47 Å². The van der Waals surface area contributed by atoms with Crippen LogP contribution in [0.2, 0.25) is 0 Å². The summed E-state index contributed by atoms with van der Waals surface area (Å²) in [6.07, 6.45) is 4.59. The van der Waals surface area contributed by atoms with Crippen molar-refractivity contribution in [2.24, 2.45) is 0 Å². The van der Waals surface area contributed by atoms with E-state index in [4.69, 9.17) is 9.47 Å². The first-order valence-corrected chi connectivity index (χ1v) is 4.61. The Hall–Kier alpha value is -1.84. The molecule has 1 aromatic rings. The molecular weight excluding hydrogens is 194 g/mol. The van der Waals surface area contributed by atoms with Crippen molar-refractivity contribution in [3.8, 4) is 5.88 Å². The second-order valence-electron chi connectivity index (χ2n) is 2.69. The standard InChI is InChI=1S/C11H13NO3/c1-3-15-10(13)7-6-9-5-4-8-12-11(9)14-2/h4-8H,3H2,1-2H3/b7-6+. The number of nitrogens with zero attached hydrogens (tertiary/aromatic N) is 1. The molecule has 1 heterocycles. The van der Waals surface area contributed by atoms with Gasteiger partial charge in [0.2, 0.25) is 5.88 Å². The first-order chi connectivity index (χ1) is 7.27. The average Bonchev–Trinajstić information content (AvgIpc) is 2.27. The van der Waals surface area contributed by atoms with Crippen LogP contribution in [0.5, 0.6) is 5.88 Å². The molecule has 1 aromatic heterocycles. The van der Waals surface area contributed by atoms with E-state index in [1.165, 1.54) is 13.2 Å². The first kappa shape index (κ1) is 11.2. The molecule has 15 heavy (non-hydrogen) atoms. The van der Waals surface area contributed by atoms with Gasteiger partial charge in [0.25, 0.3) is 0 Å². The Morgan fingerprint density at radius 1 is 1.60 bits per heavy atom. The molecule has 1 rings (SSSR count). The number of hydrogen-bond acceptors (Lipinski definition) is 4. The highest BCUT2D eigenvalue weighted by Crippen LogP contribution is 2.14. The molecule has 0 radical (unpaired) electrons. The van der Waals surface area contributed by atoms with Crippen molar-refractivity contribution < 1.29 is 14.3 Å². The summed E-state index contributed by atoms with van der Waals surface area (Å²) in [5, 5.41) is 0. The predicted molar refractivity (Wildman–Crippen MR) is 56.5 cm³/mol. The topological polar surface area (TPSA) is 48.4 Å². The van der Waals surface area contributed by atoms with Gasteiger partial charge in [-0.1, -0.05) is 0 Å². The van der Waals surface area contributed by atoms with Crippen molar-refractivity contribution >= 4 is 12.0 Å². The SMILES string of the molecule is CCOC(=O)/C=C/c1cccnc1OC. The van der Waals surface area contributed by atoms with Crippen LogP contribution in [0.1, 0.15) is 12.5 Å². The third-order valence-electron chi connectivity index (χ3n) is 1.68. The van der Waals surface area contributed by atoms with Crippen LogP contribution >= 0.6 is 0 Å². The largest absolute Gasteiger partial charge is 0.481 e. The average molecular weight is 207 g/mol. The molecule has 0 aliphatic rings. The van der Waals surface area contributed by atoms with Crippen molar-refractivity contribution in [1.29, 1.82) is 0 Å². The van der Waals surface area contributed by atoms with Crippen LogP contribution in [0.3, 0.4) is 0 Å². The fourth-order valence-corrected chi connectivity index (χ4v) is 1.05. The summed E-state index contributed by atoms with van der Waals surface area (Å²) >= 11 is 0. The zero-order chi connectivity index (χ0) is 11.1. The summed E-state index contributed by atoms with van der Waals surface area (Å²) in [6, 6.07) is 3.58. The Labute approximate surface area is 88.5 Å². The van der Waals surface area contributed by atoms with E-state index in [0.29, 0.717) is 12.5 Å². The highest BCUT2D eigenvalue weighted by atomic mass is 16.5. The number of hydrogen-bond donors (Lipinski definition) is 0. The summed E-state index contributed by atoms with van der Waals surface area (Å²) < 4.78 is 9.77. The predicted octanol–water partition coefficient (Wildman–Crippen LogP) is 1.67. The van der Waals surface area contributed by atoms with Crippen molar-refractivity contribution in [3.63, 3.8) is 0 Å². The van der Waals surface area contributed by atoms with Crippen LogP contribution in [0.25, 0.3) is 6.08 Å².